The first-order valence-corrected chi connectivity index (χ1v) is 5.13. The highest BCUT2D eigenvalue weighted by Gasteiger charge is 2.15. The van der Waals surface area contributed by atoms with Crippen molar-refractivity contribution in [1.29, 1.82) is 0 Å². The van der Waals surface area contributed by atoms with E-state index in [1.165, 1.54) is 5.56 Å². The summed E-state index contributed by atoms with van der Waals surface area (Å²) in [5, 5.41) is 6.06. The van der Waals surface area contributed by atoms with E-state index in [-0.39, 0.29) is 5.41 Å². The summed E-state index contributed by atoms with van der Waals surface area (Å²) in [6.45, 7) is 6.40. The van der Waals surface area contributed by atoms with Crippen LogP contribution >= 0.6 is 0 Å². The van der Waals surface area contributed by atoms with Gasteiger partial charge in [0.25, 0.3) is 0 Å². The number of rotatable bonds is 1. The minimum absolute atomic E-state index is 0.0621. The molecular weight excluding hydrogens is 204 g/mol. The second kappa shape index (κ2) is 3.63. The van der Waals surface area contributed by atoms with Crippen LogP contribution in [0.5, 0.6) is 0 Å². The van der Waals surface area contributed by atoms with Crippen LogP contribution in [0.4, 0.5) is 0 Å². The maximum absolute atomic E-state index is 10.9. The molecule has 16 heavy (non-hydrogen) atoms. The van der Waals surface area contributed by atoms with Crippen molar-refractivity contribution < 1.29 is 4.42 Å². The van der Waals surface area contributed by atoms with Gasteiger partial charge in [0, 0.05) is 5.56 Å². The number of hydrogen-bond acceptors (Lipinski definition) is 3. The molecule has 0 atom stereocenters. The molecule has 4 heteroatoms. The molecule has 1 aromatic heterocycles. The summed E-state index contributed by atoms with van der Waals surface area (Å²) < 4.78 is 4.91. The Bertz CT molecular complexity index is 546. The topological polar surface area (TPSA) is 58.9 Å². The molecule has 0 aliphatic heterocycles. The van der Waals surface area contributed by atoms with E-state index < -0.39 is 5.76 Å². The Morgan fingerprint density at radius 3 is 2.62 bits per heavy atom. The first-order valence-electron chi connectivity index (χ1n) is 5.13. The fourth-order valence-electron chi connectivity index (χ4n) is 1.47. The lowest BCUT2D eigenvalue weighted by Crippen LogP contribution is -2.10. The summed E-state index contributed by atoms with van der Waals surface area (Å²) in [5.41, 5.74) is 2.05. The van der Waals surface area contributed by atoms with Crippen LogP contribution in [-0.2, 0) is 5.41 Å². The molecule has 0 spiro atoms. The van der Waals surface area contributed by atoms with Crippen molar-refractivity contribution in [3.05, 3.63) is 40.4 Å². The number of aromatic nitrogens is 2. The van der Waals surface area contributed by atoms with Gasteiger partial charge in [-0.3, -0.25) is 0 Å². The van der Waals surface area contributed by atoms with Gasteiger partial charge in [0.15, 0.2) is 0 Å². The monoisotopic (exact) mass is 218 g/mol. The minimum atomic E-state index is -0.531. The number of nitrogens with one attached hydrogen (secondary N) is 1. The summed E-state index contributed by atoms with van der Waals surface area (Å²) in [7, 11) is 0. The Morgan fingerprint density at radius 1 is 1.31 bits per heavy atom. The number of nitrogens with zero attached hydrogens (tertiary/aromatic N) is 1. The molecule has 2 aromatic rings. The molecule has 0 saturated heterocycles. The first kappa shape index (κ1) is 10.7. The highest BCUT2D eigenvalue weighted by molar-refractivity contribution is 5.54. The number of hydrogen-bond donors (Lipinski definition) is 1. The smallest absolute Gasteiger partial charge is 0.388 e. The average molecular weight is 218 g/mol. The van der Waals surface area contributed by atoms with Gasteiger partial charge in [-0.15, -0.1) is 5.10 Å². The van der Waals surface area contributed by atoms with E-state index in [4.69, 9.17) is 4.42 Å². The fraction of sp³-hybridized carbons (Fsp3) is 0.333. The SMILES string of the molecule is CC(C)(C)c1cccc(-c2n[nH]c(=O)o2)c1. The lowest BCUT2D eigenvalue weighted by atomic mass is 9.86. The van der Waals surface area contributed by atoms with E-state index in [0.717, 1.165) is 5.56 Å². The fourth-order valence-corrected chi connectivity index (χ4v) is 1.47. The van der Waals surface area contributed by atoms with Gasteiger partial charge in [-0.2, -0.15) is 0 Å². The summed E-state index contributed by atoms with van der Waals surface area (Å²) >= 11 is 0. The van der Waals surface area contributed by atoms with Gasteiger partial charge in [0.1, 0.15) is 0 Å². The molecule has 1 aromatic carbocycles. The van der Waals surface area contributed by atoms with Crippen LogP contribution in [0.1, 0.15) is 26.3 Å². The van der Waals surface area contributed by atoms with Crippen LogP contribution in [0.2, 0.25) is 0 Å². The van der Waals surface area contributed by atoms with E-state index in [1.54, 1.807) is 0 Å². The van der Waals surface area contributed by atoms with Crippen molar-refractivity contribution >= 4 is 0 Å². The quantitative estimate of drug-likeness (QED) is 0.799. The summed E-state index contributed by atoms with van der Waals surface area (Å²) in [5.74, 6) is -0.202. The largest absolute Gasteiger partial charge is 0.434 e. The third-order valence-corrected chi connectivity index (χ3v) is 2.41. The molecule has 1 heterocycles. The normalized spacial score (nSPS) is 11.7. The van der Waals surface area contributed by atoms with Crippen molar-refractivity contribution in [2.75, 3.05) is 0 Å². The van der Waals surface area contributed by atoms with E-state index in [1.807, 2.05) is 24.3 Å². The van der Waals surface area contributed by atoms with Gasteiger partial charge < -0.3 is 4.42 Å². The maximum Gasteiger partial charge on any atom is 0.434 e. The van der Waals surface area contributed by atoms with Crippen molar-refractivity contribution in [2.45, 2.75) is 26.2 Å². The Labute approximate surface area is 93.3 Å². The molecule has 0 saturated carbocycles. The highest BCUT2D eigenvalue weighted by Crippen LogP contribution is 2.25. The van der Waals surface area contributed by atoms with Crippen LogP contribution in [0.25, 0.3) is 11.5 Å². The molecule has 0 unspecified atom stereocenters. The number of benzene rings is 1. The first-order chi connectivity index (χ1) is 7.47. The lowest BCUT2D eigenvalue weighted by molar-refractivity contribution is 0.526. The summed E-state index contributed by atoms with van der Waals surface area (Å²) in [6.07, 6.45) is 0. The van der Waals surface area contributed by atoms with Crippen LogP contribution in [-0.4, -0.2) is 10.2 Å². The van der Waals surface area contributed by atoms with Gasteiger partial charge >= 0.3 is 5.76 Å². The molecule has 84 valence electrons. The Kier molecular flexibility index (Phi) is 2.42. The molecule has 4 nitrogen and oxygen atoms in total. The average Bonchev–Trinajstić information content (AvgIpc) is 2.64. The second-order valence-corrected chi connectivity index (χ2v) is 4.75. The van der Waals surface area contributed by atoms with E-state index in [2.05, 4.69) is 31.0 Å². The van der Waals surface area contributed by atoms with Crippen LogP contribution in [0.3, 0.4) is 0 Å². The number of H-pyrrole nitrogens is 1. The van der Waals surface area contributed by atoms with Crippen molar-refractivity contribution in [3.63, 3.8) is 0 Å². The standard InChI is InChI=1S/C12H14N2O2/c1-12(2,3)9-6-4-5-8(7-9)10-13-14-11(15)16-10/h4-7H,1-3H3,(H,14,15). The highest BCUT2D eigenvalue weighted by atomic mass is 16.4. The van der Waals surface area contributed by atoms with Gasteiger partial charge in [-0.1, -0.05) is 32.9 Å². The van der Waals surface area contributed by atoms with Gasteiger partial charge in [0.2, 0.25) is 5.89 Å². The van der Waals surface area contributed by atoms with E-state index in [9.17, 15) is 4.79 Å². The van der Waals surface area contributed by atoms with E-state index in [0.29, 0.717) is 5.89 Å². The Hall–Kier alpha value is -1.84. The third-order valence-electron chi connectivity index (χ3n) is 2.41. The van der Waals surface area contributed by atoms with Crippen LogP contribution in [0.15, 0.2) is 33.5 Å². The molecule has 0 radical (unpaired) electrons. The van der Waals surface area contributed by atoms with Crippen LogP contribution < -0.4 is 5.76 Å². The van der Waals surface area contributed by atoms with Crippen molar-refractivity contribution in [1.82, 2.24) is 10.2 Å². The molecule has 0 bridgehead atoms. The molecular formula is C12H14N2O2. The molecule has 0 aliphatic carbocycles. The van der Waals surface area contributed by atoms with Crippen molar-refractivity contribution in [2.24, 2.45) is 0 Å². The molecule has 2 rings (SSSR count). The summed E-state index contributed by atoms with van der Waals surface area (Å²) in [6, 6.07) is 7.84. The molecule has 0 amide bonds. The Morgan fingerprint density at radius 2 is 2.06 bits per heavy atom. The Balaban J connectivity index is 2.48. The molecule has 0 fully saturated rings. The second-order valence-electron chi connectivity index (χ2n) is 4.75. The number of aromatic amines is 1. The zero-order chi connectivity index (χ0) is 11.8. The van der Waals surface area contributed by atoms with Gasteiger partial charge in [-0.05, 0) is 23.1 Å². The predicted octanol–water partition coefficient (Wildman–Crippen LogP) is 2.33. The molecule has 1 N–H and O–H groups in total. The maximum atomic E-state index is 10.9. The van der Waals surface area contributed by atoms with E-state index >= 15 is 0 Å². The third kappa shape index (κ3) is 2.05. The van der Waals surface area contributed by atoms with Gasteiger partial charge in [0.05, 0.1) is 0 Å². The lowest BCUT2D eigenvalue weighted by Gasteiger charge is -2.19. The summed E-state index contributed by atoms with van der Waals surface area (Å²) in [4.78, 5) is 10.9. The van der Waals surface area contributed by atoms with Crippen LogP contribution in [0, 0.1) is 0 Å². The predicted molar refractivity (Wildman–Crippen MR) is 61.3 cm³/mol. The minimum Gasteiger partial charge on any atom is -0.388 e. The zero-order valence-corrected chi connectivity index (χ0v) is 9.57. The van der Waals surface area contributed by atoms with Crippen molar-refractivity contribution in [3.8, 4) is 11.5 Å². The zero-order valence-electron chi connectivity index (χ0n) is 9.57. The molecule has 0 aliphatic rings. The van der Waals surface area contributed by atoms with Gasteiger partial charge in [-0.25, -0.2) is 9.89 Å².